The van der Waals surface area contributed by atoms with Crippen LogP contribution in [0.15, 0.2) is 45.4 Å². The molecule has 7 heteroatoms. The summed E-state index contributed by atoms with van der Waals surface area (Å²) in [5, 5.41) is 3.88. The standard InChI is InChI=1S/C14H10BrFN4O/c15-11-5-7(1-2-12(11)16)13-19-14(21-20-13)8-3-9(17)6-10(18)4-8/h1-6H,17-18H2. The van der Waals surface area contributed by atoms with Gasteiger partial charge in [-0.3, -0.25) is 0 Å². The summed E-state index contributed by atoms with van der Waals surface area (Å²) >= 11 is 3.12. The summed E-state index contributed by atoms with van der Waals surface area (Å²) in [6.07, 6.45) is 0. The SMILES string of the molecule is Nc1cc(N)cc(-c2nc(-c3ccc(F)c(Br)c3)no2)c1. The first-order chi connectivity index (χ1) is 10.0. The predicted octanol–water partition coefficient (Wildman–Crippen LogP) is 3.47. The summed E-state index contributed by atoms with van der Waals surface area (Å²) in [6, 6.07) is 9.49. The molecule has 5 nitrogen and oxygen atoms in total. The molecule has 0 unspecified atom stereocenters. The van der Waals surface area contributed by atoms with Crippen LogP contribution in [0.2, 0.25) is 0 Å². The summed E-state index contributed by atoms with van der Waals surface area (Å²) in [5.41, 5.74) is 13.8. The lowest BCUT2D eigenvalue weighted by atomic mass is 10.1. The molecule has 1 aromatic heterocycles. The van der Waals surface area contributed by atoms with Crippen LogP contribution in [-0.4, -0.2) is 10.1 Å². The fourth-order valence-corrected chi connectivity index (χ4v) is 2.27. The normalized spacial score (nSPS) is 10.8. The summed E-state index contributed by atoms with van der Waals surface area (Å²) in [7, 11) is 0. The van der Waals surface area contributed by atoms with Gasteiger partial charge in [-0.05, 0) is 52.3 Å². The van der Waals surface area contributed by atoms with E-state index in [-0.39, 0.29) is 5.82 Å². The van der Waals surface area contributed by atoms with Crippen molar-refractivity contribution in [3.8, 4) is 22.8 Å². The van der Waals surface area contributed by atoms with Crippen molar-refractivity contribution in [2.24, 2.45) is 0 Å². The zero-order valence-electron chi connectivity index (χ0n) is 10.7. The second-order valence-electron chi connectivity index (χ2n) is 4.44. The number of hydrogen-bond donors (Lipinski definition) is 2. The lowest BCUT2D eigenvalue weighted by molar-refractivity contribution is 0.432. The summed E-state index contributed by atoms with van der Waals surface area (Å²) in [5.74, 6) is 0.294. The highest BCUT2D eigenvalue weighted by molar-refractivity contribution is 9.10. The number of halogens is 2. The summed E-state index contributed by atoms with van der Waals surface area (Å²) in [6.45, 7) is 0. The second kappa shape index (κ2) is 5.17. The van der Waals surface area contributed by atoms with E-state index in [4.69, 9.17) is 16.0 Å². The van der Waals surface area contributed by atoms with Gasteiger partial charge in [0.05, 0.1) is 4.47 Å². The van der Waals surface area contributed by atoms with Gasteiger partial charge in [0, 0.05) is 22.5 Å². The van der Waals surface area contributed by atoms with E-state index in [0.29, 0.717) is 38.7 Å². The Bertz CT molecular complexity index is 798. The van der Waals surface area contributed by atoms with Crippen LogP contribution in [0, 0.1) is 5.82 Å². The first kappa shape index (κ1) is 13.6. The molecule has 2 aromatic carbocycles. The molecule has 0 saturated heterocycles. The van der Waals surface area contributed by atoms with Gasteiger partial charge in [-0.2, -0.15) is 4.98 Å². The van der Waals surface area contributed by atoms with Crippen molar-refractivity contribution >= 4 is 27.3 Å². The molecule has 0 spiro atoms. The van der Waals surface area contributed by atoms with Gasteiger partial charge >= 0.3 is 0 Å². The molecule has 0 atom stereocenters. The lowest BCUT2D eigenvalue weighted by Crippen LogP contribution is -1.91. The number of hydrogen-bond acceptors (Lipinski definition) is 5. The second-order valence-corrected chi connectivity index (χ2v) is 5.29. The zero-order valence-corrected chi connectivity index (χ0v) is 12.3. The Labute approximate surface area is 127 Å². The van der Waals surface area contributed by atoms with Gasteiger partial charge in [0.15, 0.2) is 0 Å². The summed E-state index contributed by atoms with van der Waals surface area (Å²) in [4.78, 5) is 4.27. The van der Waals surface area contributed by atoms with Crippen molar-refractivity contribution in [3.63, 3.8) is 0 Å². The summed E-state index contributed by atoms with van der Waals surface area (Å²) < 4.78 is 18.8. The Morgan fingerprint density at radius 3 is 2.38 bits per heavy atom. The molecule has 0 amide bonds. The van der Waals surface area contributed by atoms with Crippen molar-refractivity contribution in [1.82, 2.24) is 10.1 Å². The lowest BCUT2D eigenvalue weighted by Gasteiger charge is -1.99. The highest BCUT2D eigenvalue weighted by Crippen LogP contribution is 2.27. The van der Waals surface area contributed by atoms with E-state index in [1.54, 1.807) is 30.3 Å². The Morgan fingerprint density at radius 2 is 1.71 bits per heavy atom. The van der Waals surface area contributed by atoms with E-state index in [2.05, 4.69) is 26.1 Å². The third kappa shape index (κ3) is 2.73. The van der Waals surface area contributed by atoms with Crippen LogP contribution in [-0.2, 0) is 0 Å². The molecule has 4 N–H and O–H groups in total. The van der Waals surface area contributed by atoms with Crippen molar-refractivity contribution in [3.05, 3.63) is 46.7 Å². The molecule has 3 rings (SSSR count). The van der Waals surface area contributed by atoms with Gasteiger partial charge in [-0.15, -0.1) is 0 Å². The smallest absolute Gasteiger partial charge is 0.258 e. The van der Waals surface area contributed by atoms with Crippen LogP contribution in [0.25, 0.3) is 22.8 Å². The maximum atomic E-state index is 13.2. The van der Waals surface area contributed by atoms with E-state index in [1.165, 1.54) is 6.07 Å². The van der Waals surface area contributed by atoms with Crippen LogP contribution in [0.3, 0.4) is 0 Å². The minimum absolute atomic E-state index is 0.296. The van der Waals surface area contributed by atoms with E-state index in [0.717, 1.165) is 0 Å². The van der Waals surface area contributed by atoms with Gasteiger partial charge in [-0.25, -0.2) is 4.39 Å². The van der Waals surface area contributed by atoms with E-state index >= 15 is 0 Å². The van der Waals surface area contributed by atoms with Gasteiger partial charge < -0.3 is 16.0 Å². The highest BCUT2D eigenvalue weighted by Gasteiger charge is 2.12. The minimum atomic E-state index is -0.355. The molecule has 0 radical (unpaired) electrons. The fraction of sp³-hybridized carbons (Fsp3) is 0. The molecule has 106 valence electrons. The molecule has 21 heavy (non-hydrogen) atoms. The third-order valence-corrected chi connectivity index (χ3v) is 3.44. The number of nitrogen functional groups attached to an aromatic ring is 2. The molecular formula is C14H10BrFN4O. The van der Waals surface area contributed by atoms with Gasteiger partial charge in [0.2, 0.25) is 5.82 Å². The molecule has 1 heterocycles. The Hall–Kier alpha value is -2.41. The molecule has 0 aliphatic heterocycles. The Morgan fingerprint density at radius 1 is 1.00 bits per heavy atom. The fourth-order valence-electron chi connectivity index (χ4n) is 1.89. The monoisotopic (exact) mass is 348 g/mol. The third-order valence-electron chi connectivity index (χ3n) is 2.83. The first-order valence-corrected chi connectivity index (χ1v) is 6.78. The predicted molar refractivity (Wildman–Crippen MR) is 81.7 cm³/mol. The van der Waals surface area contributed by atoms with Crippen molar-refractivity contribution < 1.29 is 8.91 Å². The highest BCUT2D eigenvalue weighted by atomic mass is 79.9. The Balaban J connectivity index is 2.01. The molecule has 0 fully saturated rings. The molecular weight excluding hydrogens is 339 g/mol. The molecule has 0 aliphatic rings. The van der Waals surface area contributed by atoms with Crippen molar-refractivity contribution in [2.75, 3.05) is 11.5 Å². The van der Waals surface area contributed by atoms with Crippen LogP contribution < -0.4 is 11.5 Å². The quantitative estimate of drug-likeness (QED) is 0.692. The van der Waals surface area contributed by atoms with Crippen LogP contribution >= 0.6 is 15.9 Å². The maximum Gasteiger partial charge on any atom is 0.258 e. The number of nitrogens with two attached hydrogens (primary N) is 2. The van der Waals surface area contributed by atoms with Crippen molar-refractivity contribution in [2.45, 2.75) is 0 Å². The average molecular weight is 349 g/mol. The number of aromatic nitrogens is 2. The van der Waals surface area contributed by atoms with Crippen LogP contribution in [0.5, 0.6) is 0 Å². The van der Waals surface area contributed by atoms with Gasteiger partial charge in [0.25, 0.3) is 5.89 Å². The van der Waals surface area contributed by atoms with Crippen LogP contribution in [0.4, 0.5) is 15.8 Å². The maximum absolute atomic E-state index is 13.2. The van der Waals surface area contributed by atoms with Crippen LogP contribution in [0.1, 0.15) is 0 Å². The topological polar surface area (TPSA) is 91.0 Å². The minimum Gasteiger partial charge on any atom is -0.399 e. The van der Waals surface area contributed by atoms with Gasteiger partial charge in [0.1, 0.15) is 5.82 Å². The number of rotatable bonds is 2. The van der Waals surface area contributed by atoms with E-state index < -0.39 is 0 Å². The van der Waals surface area contributed by atoms with Crippen molar-refractivity contribution in [1.29, 1.82) is 0 Å². The largest absolute Gasteiger partial charge is 0.399 e. The molecule has 0 saturated carbocycles. The van der Waals surface area contributed by atoms with E-state index in [1.807, 2.05) is 0 Å². The zero-order chi connectivity index (χ0) is 15.0. The van der Waals surface area contributed by atoms with E-state index in [9.17, 15) is 4.39 Å². The Kier molecular flexibility index (Phi) is 3.34. The van der Waals surface area contributed by atoms with Gasteiger partial charge in [-0.1, -0.05) is 5.16 Å². The first-order valence-electron chi connectivity index (χ1n) is 5.98. The molecule has 0 bridgehead atoms. The average Bonchev–Trinajstić information content (AvgIpc) is 2.90. The number of nitrogens with zero attached hydrogens (tertiary/aromatic N) is 2. The molecule has 3 aromatic rings. The number of anilines is 2. The number of benzene rings is 2. The molecule has 0 aliphatic carbocycles.